The maximum atomic E-state index is 14.3. The molecule has 1 fully saturated rings. The van der Waals surface area contributed by atoms with E-state index < -0.39 is 17.8 Å². The topological polar surface area (TPSA) is 94.2 Å². The fraction of sp³-hybridized carbons (Fsp3) is 0.345. The van der Waals surface area contributed by atoms with Crippen molar-refractivity contribution in [1.29, 1.82) is 0 Å². The third-order valence-corrected chi connectivity index (χ3v) is 7.51. The molecule has 5 rings (SSSR count). The molecule has 2 N–H and O–H groups in total. The Morgan fingerprint density at radius 3 is 2.38 bits per heavy atom. The molecule has 0 aliphatic carbocycles. The third kappa shape index (κ3) is 5.07. The van der Waals surface area contributed by atoms with Gasteiger partial charge in [0.15, 0.2) is 11.3 Å². The highest BCUT2D eigenvalue weighted by atomic mass is 19.4. The van der Waals surface area contributed by atoms with E-state index in [1.54, 1.807) is 29.2 Å². The number of nitrogens with zero attached hydrogens (tertiary/aromatic N) is 5. The van der Waals surface area contributed by atoms with Gasteiger partial charge >= 0.3 is 6.18 Å². The number of fused-ring (bicyclic) bond motifs is 1. The number of aromatic nitrogens is 3. The average Bonchev–Trinajstić information content (AvgIpc) is 3.36. The molecule has 11 heteroatoms. The summed E-state index contributed by atoms with van der Waals surface area (Å²) in [6.07, 6.45) is -3.59. The summed E-state index contributed by atoms with van der Waals surface area (Å²) in [7, 11) is 0. The lowest BCUT2D eigenvalue weighted by atomic mass is 10.0. The summed E-state index contributed by atoms with van der Waals surface area (Å²) in [5.74, 6) is -0.450. The van der Waals surface area contributed by atoms with E-state index in [9.17, 15) is 28.2 Å². The summed E-state index contributed by atoms with van der Waals surface area (Å²) in [6, 6.07) is 15.6. The molecule has 2 aromatic carbocycles. The van der Waals surface area contributed by atoms with Crippen molar-refractivity contribution in [1.82, 2.24) is 24.4 Å². The molecule has 0 radical (unpaired) electrons. The smallest absolute Gasteiger partial charge is 0.394 e. The Kier molecular flexibility index (Phi) is 7.63. The first kappa shape index (κ1) is 27.8. The Morgan fingerprint density at radius 2 is 1.77 bits per heavy atom. The number of halogens is 3. The lowest BCUT2D eigenvalue weighted by Gasteiger charge is -2.43. The molecule has 1 aliphatic heterocycles. The predicted octanol–water partition coefficient (Wildman–Crippen LogP) is 4.10. The maximum absolute atomic E-state index is 14.3. The summed E-state index contributed by atoms with van der Waals surface area (Å²) in [5, 5.41) is 23.4. The van der Waals surface area contributed by atoms with Gasteiger partial charge in [0.25, 0.3) is 5.91 Å². The molecular weight excluding hydrogens is 523 g/mol. The number of amides is 1. The van der Waals surface area contributed by atoms with Gasteiger partial charge < -0.3 is 15.1 Å². The highest BCUT2D eigenvalue weighted by Crippen LogP contribution is 2.37. The van der Waals surface area contributed by atoms with Gasteiger partial charge in [0.1, 0.15) is 5.56 Å². The van der Waals surface area contributed by atoms with Gasteiger partial charge in [0, 0.05) is 36.8 Å². The highest BCUT2D eigenvalue weighted by molar-refractivity contribution is 6.00. The molecule has 0 saturated carbocycles. The van der Waals surface area contributed by atoms with Crippen LogP contribution in [0.3, 0.4) is 0 Å². The number of benzene rings is 2. The van der Waals surface area contributed by atoms with Crippen molar-refractivity contribution >= 4 is 11.6 Å². The Labute approximate surface area is 229 Å². The van der Waals surface area contributed by atoms with Gasteiger partial charge in [-0.05, 0) is 25.0 Å². The summed E-state index contributed by atoms with van der Waals surface area (Å²) < 4.78 is 43.5. The standard InChI is InChI=1S/C29H30F3N5O3/c1-18-15-35(24(17-39)21-6-4-3-5-7-21)12-13-36(18)28(40)23-14-33-37-26(29(30,31)32)19(2)25(34-27(23)37)22-10-8-20(16-38)9-11-22/h3-11,14,18,24,38-39H,12-13,15-17H2,1-2H3/t18-,24+/m1/s1. The summed E-state index contributed by atoms with van der Waals surface area (Å²) in [4.78, 5) is 22.0. The molecule has 2 atom stereocenters. The van der Waals surface area contributed by atoms with E-state index in [4.69, 9.17) is 0 Å². The summed E-state index contributed by atoms with van der Waals surface area (Å²) >= 11 is 0. The van der Waals surface area contributed by atoms with Crippen LogP contribution < -0.4 is 0 Å². The van der Waals surface area contributed by atoms with Crippen molar-refractivity contribution in [2.24, 2.45) is 0 Å². The van der Waals surface area contributed by atoms with Gasteiger partial charge in [-0.2, -0.15) is 18.3 Å². The fourth-order valence-electron chi connectivity index (χ4n) is 5.44. The van der Waals surface area contributed by atoms with Crippen LogP contribution in [0.2, 0.25) is 0 Å². The van der Waals surface area contributed by atoms with Crippen molar-refractivity contribution in [2.75, 3.05) is 26.2 Å². The van der Waals surface area contributed by atoms with Crippen molar-refractivity contribution in [3.05, 3.63) is 88.7 Å². The first-order chi connectivity index (χ1) is 19.1. The minimum absolute atomic E-state index is 0.0132. The van der Waals surface area contributed by atoms with Crippen LogP contribution in [0, 0.1) is 6.92 Å². The second-order valence-electron chi connectivity index (χ2n) is 10.0. The van der Waals surface area contributed by atoms with E-state index in [1.165, 1.54) is 6.92 Å². The molecule has 0 bridgehead atoms. The monoisotopic (exact) mass is 553 g/mol. The second-order valence-corrected chi connectivity index (χ2v) is 10.0. The number of piperazine rings is 1. The Morgan fingerprint density at radius 1 is 1.07 bits per heavy atom. The molecule has 4 aromatic rings. The van der Waals surface area contributed by atoms with Gasteiger partial charge in [0.05, 0.1) is 31.1 Å². The van der Waals surface area contributed by atoms with E-state index in [-0.39, 0.29) is 47.8 Å². The predicted molar refractivity (Wildman–Crippen MR) is 142 cm³/mol. The zero-order valence-corrected chi connectivity index (χ0v) is 22.1. The molecule has 40 heavy (non-hydrogen) atoms. The fourth-order valence-corrected chi connectivity index (χ4v) is 5.44. The number of hydrogen-bond acceptors (Lipinski definition) is 6. The summed E-state index contributed by atoms with van der Waals surface area (Å²) in [6.45, 7) is 4.22. The zero-order chi connectivity index (χ0) is 28.6. The number of rotatable bonds is 6. The minimum atomic E-state index is -4.74. The molecule has 8 nitrogen and oxygen atoms in total. The van der Waals surface area contributed by atoms with Crippen LogP contribution in [-0.2, 0) is 12.8 Å². The van der Waals surface area contributed by atoms with Crippen molar-refractivity contribution in [3.63, 3.8) is 0 Å². The van der Waals surface area contributed by atoms with Crippen LogP contribution in [0.1, 0.15) is 45.7 Å². The highest BCUT2D eigenvalue weighted by Gasteiger charge is 2.39. The van der Waals surface area contributed by atoms with Crippen LogP contribution >= 0.6 is 0 Å². The zero-order valence-electron chi connectivity index (χ0n) is 22.1. The van der Waals surface area contributed by atoms with E-state index in [2.05, 4.69) is 15.0 Å². The first-order valence-corrected chi connectivity index (χ1v) is 13.0. The number of aliphatic hydroxyl groups excluding tert-OH is 2. The minimum Gasteiger partial charge on any atom is -0.394 e. The van der Waals surface area contributed by atoms with Crippen molar-refractivity contribution in [3.8, 4) is 11.3 Å². The summed E-state index contributed by atoms with van der Waals surface area (Å²) in [5.41, 5.74) is 0.810. The quantitative estimate of drug-likeness (QED) is 0.374. The largest absolute Gasteiger partial charge is 0.433 e. The average molecular weight is 554 g/mol. The maximum Gasteiger partial charge on any atom is 0.433 e. The SMILES string of the molecule is Cc1c(-c2ccc(CO)cc2)nc2c(C(=O)N3CCN([C@@H](CO)c4ccccc4)C[C@H]3C)cnn2c1C(F)(F)F. The van der Waals surface area contributed by atoms with E-state index >= 15 is 0 Å². The molecule has 1 aliphatic rings. The third-order valence-electron chi connectivity index (χ3n) is 7.51. The van der Waals surface area contributed by atoms with Gasteiger partial charge in [-0.1, -0.05) is 54.6 Å². The molecule has 1 saturated heterocycles. The Hall–Kier alpha value is -3.80. The van der Waals surface area contributed by atoms with Crippen LogP contribution in [0.25, 0.3) is 16.9 Å². The molecule has 1 amide bonds. The van der Waals surface area contributed by atoms with Crippen molar-refractivity contribution in [2.45, 2.75) is 38.7 Å². The van der Waals surface area contributed by atoms with Crippen LogP contribution in [0.15, 0.2) is 60.8 Å². The number of alkyl halides is 3. The molecule has 210 valence electrons. The van der Waals surface area contributed by atoms with Crippen molar-refractivity contribution < 1.29 is 28.2 Å². The van der Waals surface area contributed by atoms with Crippen LogP contribution in [0.5, 0.6) is 0 Å². The van der Waals surface area contributed by atoms with E-state index in [0.29, 0.717) is 35.3 Å². The lowest BCUT2D eigenvalue weighted by molar-refractivity contribution is -0.143. The molecular formula is C29H30F3N5O3. The molecule has 2 aromatic heterocycles. The Balaban J connectivity index is 1.49. The normalized spacial score (nSPS) is 17.4. The van der Waals surface area contributed by atoms with Gasteiger partial charge in [-0.25, -0.2) is 9.50 Å². The lowest BCUT2D eigenvalue weighted by Crippen LogP contribution is -2.55. The van der Waals surface area contributed by atoms with Gasteiger partial charge in [-0.3, -0.25) is 9.69 Å². The first-order valence-electron chi connectivity index (χ1n) is 13.0. The molecule has 0 unspecified atom stereocenters. The number of hydrogen-bond donors (Lipinski definition) is 2. The Bertz CT molecular complexity index is 1510. The number of carbonyl (C=O) groups excluding carboxylic acids is 1. The van der Waals surface area contributed by atoms with E-state index in [1.807, 2.05) is 37.3 Å². The van der Waals surface area contributed by atoms with E-state index in [0.717, 1.165) is 11.8 Å². The second kappa shape index (κ2) is 11.0. The van der Waals surface area contributed by atoms with Gasteiger partial charge in [0.2, 0.25) is 0 Å². The van der Waals surface area contributed by atoms with Gasteiger partial charge in [-0.15, -0.1) is 0 Å². The number of carbonyl (C=O) groups is 1. The number of aliphatic hydroxyl groups is 2. The molecule has 0 spiro atoms. The van der Waals surface area contributed by atoms with Crippen LogP contribution in [-0.4, -0.2) is 72.8 Å². The molecule has 3 heterocycles. The van der Waals surface area contributed by atoms with Crippen LogP contribution in [0.4, 0.5) is 13.2 Å².